The van der Waals surface area contributed by atoms with Crippen molar-refractivity contribution in [1.82, 2.24) is 15.1 Å². The summed E-state index contributed by atoms with van der Waals surface area (Å²) < 4.78 is 7.06. The van der Waals surface area contributed by atoms with Crippen molar-refractivity contribution in [2.45, 2.75) is 31.9 Å². The van der Waals surface area contributed by atoms with Crippen LogP contribution < -0.4 is 11.1 Å². The van der Waals surface area contributed by atoms with Crippen LogP contribution in [0, 0.1) is 11.3 Å². The molecular formula is C17H19N5O2. The molecule has 1 aliphatic heterocycles. The van der Waals surface area contributed by atoms with Crippen LogP contribution in [0.15, 0.2) is 30.5 Å². The fourth-order valence-corrected chi connectivity index (χ4v) is 2.78. The molecular weight excluding hydrogens is 306 g/mol. The van der Waals surface area contributed by atoms with Crippen molar-refractivity contribution in [1.29, 1.82) is 5.26 Å². The maximum absolute atomic E-state index is 12.3. The highest BCUT2D eigenvalue weighted by Crippen LogP contribution is 2.18. The molecule has 24 heavy (non-hydrogen) atoms. The van der Waals surface area contributed by atoms with E-state index in [9.17, 15) is 4.79 Å². The molecule has 2 aromatic rings. The van der Waals surface area contributed by atoms with Crippen molar-refractivity contribution in [2.24, 2.45) is 0 Å². The first kappa shape index (κ1) is 16.0. The summed E-state index contributed by atoms with van der Waals surface area (Å²) in [5.41, 5.74) is 7.43. The quantitative estimate of drug-likeness (QED) is 0.888. The van der Waals surface area contributed by atoms with Gasteiger partial charge in [0.1, 0.15) is 17.5 Å². The van der Waals surface area contributed by atoms with Crippen molar-refractivity contribution in [3.05, 3.63) is 41.6 Å². The summed E-state index contributed by atoms with van der Waals surface area (Å²) in [4.78, 5) is 12.3. The van der Waals surface area contributed by atoms with E-state index in [0.717, 1.165) is 19.4 Å². The highest BCUT2D eigenvalue weighted by Gasteiger charge is 2.24. The molecule has 7 nitrogen and oxygen atoms in total. The summed E-state index contributed by atoms with van der Waals surface area (Å²) in [7, 11) is 0. The minimum absolute atomic E-state index is 0.0281. The summed E-state index contributed by atoms with van der Waals surface area (Å²) in [6.45, 7) is 2.71. The number of carbonyl (C=O) groups is 1. The van der Waals surface area contributed by atoms with Crippen LogP contribution in [0.1, 0.15) is 35.7 Å². The highest BCUT2D eigenvalue weighted by molar-refractivity contribution is 5.94. The van der Waals surface area contributed by atoms with Gasteiger partial charge in [-0.25, -0.2) is 4.68 Å². The molecule has 1 amide bonds. The van der Waals surface area contributed by atoms with Crippen molar-refractivity contribution < 1.29 is 9.53 Å². The van der Waals surface area contributed by atoms with Gasteiger partial charge in [0.25, 0.3) is 5.91 Å². The van der Waals surface area contributed by atoms with Crippen molar-refractivity contribution in [3.8, 4) is 11.8 Å². The second-order valence-electron chi connectivity index (χ2n) is 5.83. The molecule has 1 aromatic carbocycles. The molecule has 2 atom stereocenters. The zero-order valence-corrected chi connectivity index (χ0v) is 13.4. The lowest BCUT2D eigenvalue weighted by Crippen LogP contribution is -2.40. The Morgan fingerprint density at radius 3 is 2.83 bits per heavy atom. The number of benzene rings is 1. The van der Waals surface area contributed by atoms with Crippen LogP contribution in [0.2, 0.25) is 0 Å². The number of hydrogen-bond acceptors (Lipinski definition) is 5. The van der Waals surface area contributed by atoms with Gasteiger partial charge in [-0.15, -0.1) is 0 Å². The Balaban J connectivity index is 1.70. The zero-order valence-electron chi connectivity index (χ0n) is 13.4. The normalized spacial score (nSPS) is 18.1. The number of anilines is 1. The number of nitrogen functional groups attached to an aromatic ring is 1. The largest absolute Gasteiger partial charge is 0.382 e. The Kier molecular flexibility index (Phi) is 4.49. The topological polar surface area (TPSA) is 106 Å². The first-order valence-electron chi connectivity index (χ1n) is 7.86. The van der Waals surface area contributed by atoms with Crippen LogP contribution in [0.4, 0.5) is 5.82 Å². The van der Waals surface area contributed by atoms with E-state index in [2.05, 4.69) is 10.4 Å². The van der Waals surface area contributed by atoms with Gasteiger partial charge in [-0.05, 0) is 44.0 Å². The molecule has 2 heterocycles. The fraction of sp³-hybridized carbons (Fsp3) is 0.353. The average molecular weight is 325 g/mol. The summed E-state index contributed by atoms with van der Waals surface area (Å²) in [5.74, 6) is 0.136. The van der Waals surface area contributed by atoms with Crippen LogP contribution in [0.5, 0.6) is 0 Å². The molecule has 1 aliphatic rings. The van der Waals surface area contributed by atoms with E-state index in [1.165, 1.54) is 10.9 Å². The van der Waals surface area contributed by atoms with E-state index in [-0.39, 0.29) is 23.9 Å². The predicted octanol–water partition coefficient (Wildman–Crippen LogP) is 1.62. The lowest BCUT2D eigenvalue weighted by atomic mass is 10.1. The lowest BCUT2D eigenvalue weighted by Gasteiger charge is -2.20. The smallest absolute Gasteiger partial charge is 0.251 e. The van der Waals surface area contributed by atoms with E-state index < -0.39 is 0 Å². The average Bonchev–Trinajstić information content (AvgIpc) is 3.24. The van der Waals surface area contributed by atoms with E-state index in [1.54, 1.807) is 24.3 Å². The number of carbonyl (C=O) groups excluding carboxylic acids is 1. The van der Waals surface area contributed by atoms with Gasteiger partial charge in [0.15, 0.2) is 0 Å². The molecule has 0 saturated carbocycles. The van der Waals surface area contributed by atoms with Gasteiger partial charge in [-0.1, -0.05) is 0 Å². The summed E-state index contributed by atoms with van der Waals surface area (Å²) in [6.07, 6.45) is 3.51. The maximum atomic E-state index is 12.3. The molecule has 0 radical (unpaired) electrons. The van der Waals surface area contributed by atoms with Gasteiger partial charge >= 0.3 is 0 Å². The third-order valence-electron chi connectivity index (χ3n) is 4.18. The third-order valence-corrected chi connectivity index (χ3v) is 4.18. The number of ether oxygens (including phenoxy) is 1. The maximum Gasteiger partial charge on any atom is 0.251 e. The molecule has 0 spiro atoms. The number of nitrogens with two attached hydrogens (primary N) is 1. The second-order valence-corrected chi connectivity index (χ2v) is 5.83. The van der Waals surface area contributed by atoms with Crippen molar-refractivity contribution in [2.75, 3.05) is 12.3 Å². The molecule has 0 aliphatic carbocycles. The third kappa shape index (κ3) is 3.09. The molecule has 0 bridgehead atoms. The number of amides is 1. The minimum Gasteiger partial charge on any atom is -0.382 e. The van der Waals surface area contributed by atoms with Crippen LogP contribution in [-0.4, -0.2) is 34.4 Å². The summed E-state index contributed by atoms with van der Waals surface area (Å²) in [6, 6.07) is 8.86. The summed E-state index contributed by atoms with van der Waals surface area (Å²) in [5, 5.41) is 16.0. The van der Waals surface area contributed by atoms with Crippen molar-refractivity contribution in [3.63, 3.8) is 0 Å². The van der Waals surface area contributed by atoms with Crippen LogP contribution in [0.25, 0.3) is 5.69 Å². The number of nitriles is 1. The summed E-state index contributed by atoms with van der Waals surface area (Å²) >= 11 is 0. The van der Waals surface area contributed by atoms with Gasteiger partial charge in [-0.3, -0.25) is 4.79 Å². The lowest BCUT2D eigenvalue weighted by molar-refractivity contribution is 0.0712. The van der Waals surface area contributed by atoms with Crippen LogP contribution >= 0.6 is 0 Å². The minimum atomic E-state index is -0.143. The number of rotatable bonds is 4. The Labute approximate surface area is 140 Å². The molecule has 124 valence electrons. The van der Waals surface area contributed by atoms with Crippen molar-refractivity contribution >= 4 is 11.7 Å². The van der Waals surface area contributed by atoms with Gasteiger partial charge in [0.05, 0.1) is 24.0 Å². The molecule has 7 heteroatoms. The zero-order chi connectivity index (χ0) is 17.1. The first-order valence-corrected chi connectivity index (χ1v) is 7.86. The molecule has 1 fully saturated rings. The van der Waals surface area contributed by atoms with Crippen LogP contribution in [0.3, 0.4) is 0 Å². The van der Waals surface area contributed by atoms with Gasteiger partial charge in [0.2, 0.25) is 0 Å². The Morgan fingerprint density at radius 2 is 2.25 bits per heavy atom. The van der Waals surface area contributed by atoms with Gasteiger partial charge in [0, 0.05) is 12.2 Å². The monoisotopic (exact) mass is 325 g/mol. The number of nitrogens with one attached hydrogen (secondary N) is 1. The molecule has 3 rings (SSSR count). The fourth-order valence-electron chi connectivity index (χ4n) is 2.78. The number of hydrogen-bond donors (Lipinski definition) is 2. The first-order chi connectivity index (χ1) is 11.6. The Hall–Kier alpha value is -2.85. The molecule has 0 unspecified atom stereocenters. The molecule has 1 aromatic heterocycles. The molecule has 3 N–H and O–H groups in total. The second kappa shape index (κ2) is 6.72. The van der Waals surface area contributed by atoms with E-state index in [1.807, 2.05) is 13.0 Å². The molecule has 1 saturated heterocycles. The van der Waals surface area contributed by atoms with E-state index in [0.29, 0.717) is 16.8 Å². The van der Waals surface area contributed by atoms with E-state index in [4.69, 9.17) is 15.7 Å². The SMILES string of the molecule is C[C@@H](NC(=O)c1ccc(-n2ncc(C#N)c2N)cc1)[C@@H]1CCCO1. The Bertz CT molecular complexity index is 769. The van der Waals surface area contributed by atoms with Gasteiger partial charge < -0.3 is 15.8 Å². The number of aromatic nitrogens is 2. The standard InChI is InChI=1S/C17H19N5O2/c1-11(15-3-2-8-24-15)21-17(23)12-4-6-14(7-5-12)22-16(19)13(9-18)10-20-22/h4-7,10-11,15H,2-3,8,19H2,1H3,(H,21,23)/t11-,15+/m1/s1. The predicted molar refractivity (Wildman–Crippen MR) is 88.6 cm³/mol. The highest BCUT2D eigenvalue weighted by atomic mass is 16.5. The van der Waals surface area contributed by atoms with Crippen LogP contribution in [-0.2, 0) is 4.74 Å². The number of nitrogens with zero attached hydrogens (tertiary/aromatic N) is 3. The van der Waals surface area contributed by atoms with E-state index >= 15 is 0 Å². The van der Waals surface area contributed by atoms with Gasteiger partial charge in [-0.2, -0.15) is 10.4 Å². The Morgan fingerprint density at radius 1 is 1.50 bits per heavy atom.